The minimum absolute atomic E-state index is 0.0900. The SMILES string of the molecule is NC(CCC(=O)NC(C(=O)NCC(=O)O)C1(S)CCOCC1)C(=O)O. The van der Waals surface area contributed by atoms with Gasteiger partial charge in [0.1, 0.15) is 18.6 Å². The van der Waals surface area contributed by atoms with Crippen LogP contribution in [0.25, 0.3) is 0 Å². The average molecular weight is 377 g/mol. The molecular formula is C14H23N3O7S. The van der Waals surface area contributed by atoms with Gasteiger partial charge in [0.05, 0.1) is 0 Å². The molecule has 0 spiro atoms. The molecular weight excluding hydrogens is 354 g/mol. The molecule has 6 N–H and O–H groups in total. The third-order valence-corrected chi connectivity index (χ3v) is 4.58. The molecule has 1 saturated heterocycles. The first kappa shape index (κ1) is 21.2. The zero-order chi connectivity index (χ0) is 19.0. The van der Waals surface area contributed by atoms with E-state index in [0.717, 1.165) is 0 Å². The number of rotatable bonds is 9. The summed E-state index contributed by atoms with van der Waals surface area (Å²) in [5, 5.41) is 22.2. The monoisotopic (exact) mass is 377 g/mol. The second-order valence-electron chi connectivity index (χ2n) is 5.81. The minimum atomic E-state index is -1.22. The van der Waals surface area contributed by atoms with Crippen LogP contribution in [0.4, 0.5) is 0 Å². The molecule has 2 unspecified atom stereocenters. The fourth-order valence-electron chi connectivity index (χ4n) is 2.37. The Morgan fingerprint density at radius 1 is 1.20 bits per heavy atom. The fraction of sp³-hybridized carbons (Fsp3) is 0.714. The number of thiol groups is 1. The number of carbonyl (C=O) groups is 4. The molecule has 0 aromatic carbocycles. The maximum atomic E-state index is 12.3. The Bertz CT molecular complexity index is 523. The summed E-state index contributed by atoms with van der Waals surface area (Å²) in [5.74, 6) is -3.67. The number of ether oxygens (including phenoxy) is 1. The molecule has 0 radical (unpaired) electrons. The predicted octanol–water partition coefficient (Wildman–Crippen LogP) is -1.66. The van der Waals surface area contributed by atoms with Crippen LogP contribution in [-0.2, 0) is 23.9 Å². The van der Waals surface area contributed by atoms with Crippen LogP contribution in [0.15, 0.2) is 0 Å². The van der Waals surface area contributed by atoms with Gasteiger partial charge in [0.15, 0.2) is 0 Å². The molecule has 142 valence electrons. The van der Waals surface area contributed by atoms with E-state index in [2.05, 4.69) is 23.3 Å². The zero-order valence-corrected chi connectivity index (χ0v) is 14.5. The van der Waals surface area contributed by atoms with Crippen molar-refractivity contribution in [1.82, 2.24) is 10.6 Å². The Morgan fingerprint density at radius 2 is 1.80 bits per heavy atom. The van der Waals surface area contributed by atoms with Crippen molar-refractivity contribution < 1.29 is 34.1 Å². The van der Waals surface area contributed by atoms with Crippen LogP contribution >= 0.6 is 12.6 Å². The van der Waals surface area contributed by atoms with E-state index in [9.17, 15) is 19.2 Å². The van der Waals surface area contributed by atoms with Gasteiger partial charge in [-0.25, -0.2) is 0 Å². The minimum Gasteiger partial charge on any atom is -0.480 e. The quantitative estimate of drug-likeness (QED) is 0.260. The molecule has 1 rings (SSSR count). The number of hydrogen-bond donors (Lipinski definition) is 6. The van der Waals surface area contributed by atoms with Crippen molar-refractivity contribution in [3.8, 4) is 0 Å². The lowest BCUT2D eigenvalue weighted by Gasteiger charge is -2.38. The predicted molar refractivity (Wildman–Crippen MR) is 89.2 cm³/mol. The Hall–Kier alpha value is -1.85. The summed E-state index contributed by atoms with van der Waals surface area (Å²) in [6, 6.07) is -2.26. The lowest BCUT2D eigenvalue weighted by atomic mass is 9.89. The lowest BCUT2D eigenvalue weighted by molar-refractivity contribution is -0.139. The standard InChI is InChI=1S/C14H23N3O7S/c15-8(13(22)23)1-2-9(18)17-11(12(21)16-7-10(19)20)14(25)3-5-24-6-4-14/h8,11,25H,1-7,15H2,(H,16,21)(H,17,18)(H,19,20)(H,22,23). The van der Waals surface area contributed by atoms with Crippen molar-refractivity contribution in [1.29, 1.82) is 0 Å². The van der Waals surface area contributed by atoms with Crippen molar-refractivity contribution in [2.45, 2.75) is 42.5 Å². The summed E-state index contributed by atoms with van der Waals surface area (Å²) < 4.78 is 4.34. The molecule has 25 heavy (non-hydrogen) atoms. The molecule has 2 amide bonds. The normalized spacial score (nSPS) is 18.6. The van der Waals surface area contributed by atoms with Crippen LogP contribution in [0.3, 0.4) is 0 Å². The smallest absolute Gasteiger partial charge is 0.322 e. The van der Waals surface area contributed by atoms with Gasteiger partial charge in [-0.2, -0.15) is 12.6 Å². The van der Waals surface area contributed by atoms with Gasteiger partial charge >= 0.3 is 11.9 Å². The fourth-order valence-corrected chi connectivity index (χ4v) is 2.73. The summed E-state index contributed by atoms with van der Waals surface area (Å²) in [7, 11) is 0. The number of amides is 2. The maximum absolute atomic E-state index is 12.3. The van der Waals surface area contributed by atoms with Crippen LogP contribution in [0, 0.1) is 0 Å². The molecule has 1 aliphatic rings. The first-order chi connectivity index (χ1) is 11.7. The summed E-state index contributed by atoms with van der Waals surface area (Å²) in [5.41, 5.74) is 5.35. The topological polar surface area (TPSA) is 168 Å². The van der Waals surface area contributed by atoms with Gasteiger partial charge in [0, 0.05) is 24.4 Å². The highest BCUT2D eigenvalue weighted by Crippen LogP contribution is 2.31. The molecule has 1 heterocycles. The van der Waals surface area contributed by atoms with Crippen molar-refractivity contribution in [3.05, 3.63) is 0 Å². The molecule has 2 atom stereocenters. The molecule has 0 aliphatic carbocycles. The van der Waals surface area contributed by atoms with Gasteiger partial charge in [0.2, 0.25) is 11.8 Å². The molecule has 0 aromatic heterocycles. The number of aliphatic carboxylic acids is 2. The van der Waals surface area contributed by atoms with Crippen molar-refractivity contribution >= 4 is 36.4 Å². The maximum Gasteiger partial charge on any atom is 0.322 e. The number of nitrogens with two attached hydrogens (primary N) is 1. The van der Waals surface area contributed by atoms with Crippen LogP contribution in [0.5, 0.6) is 0 Å². The van der Waals surface area contributed by atoms with Gasteiger partial charge in [-0.15, -0.1) is 0 Å². The largest absolute Gasteiger partial charge is 0.480 e. The van der Waals surface area contributed by atoms with E-state index in [4.69, 9.17) is 20.7 Å². The highest BCUT2D eigenvalue weighted by molar-refractivity contribution is 7.82. The first-order valence-electron chi connectivity index (χ1n) is 7.73. The van der Waals surface area contributed by atoms with Gasteiger partial charge in [-0.05, 0) is 19.3 Å². The highest BCUT2D eigenvalue weighted by atomic mass is 32.1. The third kappa shape index (κ3) is 6.88. The summed E-state index contributed by atoms with van der Waals surface area (Å²) >= 11 is 4.52. The first-order valence-corrected chi connectivity index (χ1v) is 8.18. The molecule has 0 bridgehead atoms. The summed E-state index contributed by atoms with van der Waals surface area (Å²) in [6.07, 6.45) is 0.496. The number of nitrogens with one attached hydrogen (secondary N) is 2. The van der Waals surface area contributed by atoms with Gasteiger partial charge < -0.3 is 31.3 Å². The molecule has 1 fully saturated rings. The average Bonchev–Trinajstić information content (AvgIpc) is 2.55. The van der Waals surface area contributed by atoms with E-state index >= 15 is 0 Å². The second-order valence-corrected chi connectivity index (χ2v) is 6.70. The van der Waals surface area contributed by atoms with Gasteiger partial charge in [-0.1, -0.05) is 0 Å². The van der Waals surface area contributed by atoms with E-state index < -0.39 is 47.1 Å². The second kappa shape index (κ2) is 9.59. The molecule has 11 heteroatoms. The lowest BCUT2D eigenvalue weighted by Crippen LogP contribution is -2.60. The van der Waals surface area contributed by atoms with E-state index in [0.29, 0.717) is 26.1 Å². The van der Waals surface area contributed by atoms with Crippen LogP contribution in [0.1, 0.15) is 25.7 Å². The Labute approximate surface area is 149 Å². The van der Waals surface area contributed by atoms with E-state index in [1.807, 2.05) is 0 Å². The van der Waals surface area contributed by atoms with E-state index in [-0.39, 0.29) is 12.8 Å². The summed E-state index contributed by atoms with van der Waals surface area (Å²) in [4.78, 5) is 45.7. The van der Waals surface area contributed by atoms with Gasteiger partial charge in [0.25, 0.3) is 0 Å². The number of carboxylic acids is 2. The van der Waals surface area contributed by atoms with Crippen molar-refractivity contribution in [3.63, 3.8) is 0 Å². The molecule has 10 nitrogen and oxygen atoms in total. The van der Waals surface area contributed by atoms with Crippen LogP contribution in [0.2, 0.25) is 0 Å². The van der Waals surface area contributed by atoms with Crippen molar-refractivity contribution in [2.24, 2.45) is 5.73 Å². The van der Waals surface area contributed by atoms with Crippen LogP contribution < -0.4 is 16.4 Å². The Morgan fingerprint density at radius 3 is 2.32 bits per heavy atom. The van der Waals surface area contributed by atoms with Crippen molar-refractivity contribution in [2.75, 3.05) is 19.8 Å². The number of carboxylic acid groups (broad SMARTS) is 2. The zero-order valence-electron chi connectivity index (χ0n) is 13.6. The summed E-state index contributed by atoms with van der Waals surface area (Å²) in [6.45, 7) is 0.118. The third-order valence-electron chi connectivity index (χ3n) is 3.88. The number of carbonyl (C=O) groups excluding carboxylic acids is 2. The molecule has 0 saturated carbocycles. The highest BCUT2D eigenvalue weighted by Gasteiger charge is 2.42. The molecule has 1 aliphatic heterocycles. The Balaban J connectivity index is 2.76. The molecule has 0 aromatic rings. The van der Waals surface area contributed by atoms with E-state index in [1.54, 1.807) is 0 Å². The number of hydrogen-bond acceptors (Lipinski definition) is 7. The van der Waals surface area contributed by atoms with E-state index in [1.165, 1.54) is 0 Å². The van der Waals surface area contributed by atoms with Gasteiger partial charge in [-0.3, -0.25) is 19.2 Å². The Kier molecular flexibility index (Phi) is 8.13. The van der Waals surface area contributed by atoms with Crippen LogP contribution in [-0.4, -0.2) is 70.6 Å².